The molecule has 5 nitrogen and oxygen atoms in total. The molecule has 0 radical (unpaired) electrons. The summed E-state index contributed by atoms with van der Waals surface area (Å²) >= 11 is 0. The fourth-order valence-electron chi connectivity index (χ4n) is 2.83. The normalized spacial score (nSPS) is 20.0. The van der Waals surface area contributed by atoms with Crippen LogP contribution in [0.15, 0.2) is 12.4 Å². The number of piperidine rings is 1. The zero-order valence-electron chi connectivity index (χ0n) is 12.6. The van der Waals surface area contributed by atoms with Crippen molar-refractivity contribution < 1.29 is 4.79 Å². The number of aromatic nitrogens is 2. The van der Waals surface area contributed by atoms with Crippen LogP contribution < -0.4 is 0 Å². The Morgan fingerprint density at radius 2 is 2.40 bits per heavy atom. The van der Waals surface area contributed by atoms with Gasteiger partial charge in [-0.1, -0.05) is 6.42 Å². The number of hydrogen-bond acceptors (Lipinski definition) is 3. The van der Waals surface area contributed by atoms with Gasteiger partial charge in [0.25, 0.3) is 0 Å². The van der Waals surface area contributed by atoms with Gasteiger partial charge in [0.1, 0.15) is 0 Å². The third-order valence-corrected chi connectivity index (χ3v) is 4.33. The largest absolute Gasteiger partial charge is 0.345 e. The Kier molecular flexibility index (Phi) is 5.59. The Morgan fingerprint density at radius 3 is 3.10 bits per heavy atom. The zero-order chi connectivity index (χ0) is 14.4. The molecule has 1 aliphatic heterocycles. The lowest BCUT2D eigenvalue weighted by Crippen LogP contribution is -2.37. The number of hydrogen-bond donors (Lipinski definition) is 1. The molecular formula is C15H26N4O. The molecular weight excluding hydrogens is 252 g/mol. The predicted molar refractivity (Wildman–Crippen MR) is 79.4 cm³/mol. The highest BCUT2D eigenvalue weighted by Crippen LogP contribution is 2.19. The van der Waals surface area contributed by atoms with Crippen molar-refractivity contribution in [3.8, 4) is 0 Å². The highest BCUT2D eigenvalue weighted by molar-refractivity contribution is 5.75. The maximum Gasteiger partial charge on any atom is 0.222 e. The molecule has 2 heterocycles. The van der Waals surface area contributed by atoms with Gasteiger partial charge in [-0.05, 0) is 44.8 Å². The first-order chi connectivity index (χ1) is 9.66. The van der Waals surface area contributed by atoms with E-state index in [4.69, 9.17) is 0 Å². The van der Waals surface area contributed by atoms with Gasteiger partial charge in [-0.25, -0.2) is 0 Å². The molecule has 1 aromatic rings. The van der Waals surface area contributed by atoms with Crippen molar-refractivity contribution in [2.24, 2.45) is 0 Å². The van der Waals surface area contributed by atoms with Crippen molar-refractivity contribution in [3.05, 3.63) is 18.0 Å². The lowest BCUT2D eigenvalue weighted by Gasteiger charge is -2.32. The molecule has 1 atom stereocenters. The third kappa shape index (κ3) is 4.34. The molecule has 2 rings (SSSR count). The van der Waals surface area contributed by atoms with E-state index in [1.165, 1.54) is 25.8 Å². The lowest BCUT2D eigenvalue weighted by molar-refractivity contribution is -0.130. The molecule has 112 valence electrons. The Labute approximate surface area is 121 Å². The first-order valence-electron chi connectivity index (χ1n) is 7.58. The summed E-state index contributed by atoms with van der Waals surface area (Å²) in [5.74, 6) is 0.257. The molecule has 1 N–H and O–H groups in total. The van der Waals surface area contributed by atoms with Crippen LogP contribution in [0.2, 0.25) is 0 Å². The Balaban J connectivity index is 1.68. The van der Waals surface area contributed by atoms with E-state index in [1.54, 1.807) is 0 Å². The number of aromatic amines is 1. The Hall–Kier alpha value is -1.36. The molecule has 1 saturated heterocycles. The predicted octanol–water partition coefficient (Wildman–Crippen LogP) is 1.68. The van der Waals surface area contributed by atoms with Gasteiger partial charge in [-0.3, -0.25) is 9.89 Å². The van der Waals surface area contributed by atoms with Gasteiger partial charge in [0.2, 0.25) is 5.91 Å². The number of likely N-dealkylation sites (N-methyl/N-ethyl adjacent to an activating group) is 1. The molecule has 0 aromatic carbocycles. The van der Waals surface area contributed by atoms with Crippen LogP contribution in [0, 0.1) is 0 Å². The van der Waals surface area contributed by atoms with Crippen molar-refractivity contribution in [2.45, 2.75) is 44.6 Å². The number of likely N-dealkylation sites (tertiary alicyclic amines) is 1. The van der Waals surface area contributed by atoms with Crippen molar-refractivity contribution in [1.82, 2.24) is 20.0 Å². The summed E-state index contributed by atoms with van der Waals surface area (Å²) in [6.07, 6.45) is 10.1. The molecule has 1 aromatic heterocycles. The summed E-state index contributed by atoms with van der Waals surface area (Å²) in [4.78, 5) is 16.4. The van der Waals surface area contributed by atoms with Gasteiger partial charge in [0.15, 0.2) is 0 Å². The van der Waals surface area contributed by atoms with Crippen molar-refractivity contribution in [1.29, 1.82) is 0 Å². The molecule has 1 aliphatic rings. The summed E-state index contributed by atoms with van der Waals surface area (Å²) in [5, 5.41) is 6.71. The van der Waals surface area contributed by atoms with Gasteiger partial charge in [-0.15, -0.1) is 0 Å². The van der Waals surface area contributed by atoms with Crippen LogP contribution in [0.5, 0.6) is 0 Å². The van der Waals surface area contributed by atoms with Crippen LogP contribution in [-0.4, -0.2) is 59.1 Å². The number of carbonyl (C=O) groups excluding carboxylic acids is 1. The number of amides is 1. The van der Waals surface area contributed by atoms with Crippen molar-refractivity contribution >= 4 is 5.91 Å². The molecule has 5 heteroatoms. The average Bonchev–Trinajstić information content (AvgIpc) is 2.97. The van der Waals surface area contributed by atoms with Crippen LogP contribution in [0.25, 0.3) is 0 Å². The van der Waals surface area contributed by atoms with Crippen LogP contribution in [0.3, 0.4) is 0 Å². The van der Waals surface area contributed by atoms with Crippen molar-refractivity contribution in [3.63, 3.8) is 0 Å². The molecule has 1 fully saturated rings. The van der Waals surface area contributed by atoms with Crippen LogP contribution in [0.1, 0.15) is 37.7 Å². The van der Waals surface area contributed by atoms with E-state index < -0.39 is 0 Å². The SMILES string of the molecule is CN(CCc1cn[nH]c1)C(=O)CC[C@@H]1CCCCN1C. The van der Waals surface area contributed by atoms with E-state index >= 15 is 0 Å². The fraction of sp³-hybridized carbons (Fsp3) is 0.733. The maximum absolute atomic E-state index is 12.1. The monoisotopic (exact) mass is 278 g/mol. The van der Waals surface area contributed by atoms with Gasteiger partial charge in [0, 0.05) is 32.3 Å². The van der Waals surface area contributed by atoms with Gasteiger partial charge >= 0.3 is 0 Å². The second kappa shape index (κ2) is 7.43. The fourth-order valence-corrected chi connectivity index (χ4v) is 2.83. The smallest absolute Gasteiger partial charge is 0.222 e. The molecule has 1 amide bonds. The number of nitrogens with one attached hydrogen (secondary N) is 1. The molecule has 0 aliphatic carbocycles. The van der Waals surface area contributed by atoms with Gasteiger partial charge in [0.05, 0.1) is 6.20 Å². The van der Waals surface area contributed by atoms with E-state index in [-0.39, 0.29) is 5.91 Å². The number of rotatable bonds is 6. The van der Waals surface area contributed by atoms with Crippen molar-refractivity contribution in [2.75, 3.05) is 27.2 Å². The molecule has 0 saturated carbocycles. The Morgan fingerprint density at radius 1 is 1.55 bits per heavy atom. The van der Waals surface area contributed by atoms with Gasteiger partial charge < -0.3 is 9.80 Å². The maximum atomic E-state index is 12.1. The second-order valence-corrected chi connectivity index (χ2v) is 5.84. The minimum atomic E-state index is 0.257. The molecule has 0 unspecified atom stereocenters. The third-order valence-electron chi connectivity index (χ3n) is 4.33. The Bertz CT molecular complexity index is 404. The first-order valence-corrected chi connectivity index (χ1v) is 7.58. The van der Waals surface area contributed by atoms with E-state index in [0.29, 0.717) is 12.5 Å². The highest BCUT2D eigenvalue weighted by Gasteiger charge is 2.20. The molecule has 20 heavy (non-hydrogen) atoms. The van der Waals surface area contributed by atoms with Crippen LogP contribution >= 0.6 is 0 Å². The molecule has 0 spiro atoms. The number of H-pyrrole nitrogens is 1. The average molecular weight is 278 g/mol. The van der Waals surface area contributed by atoms with E-state index in [2.05, 4.69) is 22.1 Å². The standard InChI is InChI=1S/C15H26N4O/c1-18-9-4-3-5-14(18)6-7-15(20)19(2)10-8-13-11-16-17-12-13/h11-12,14H,3-10H2,1-2H3,(H,16,17)/t14-/m0/s1. The zero-order valence-corrected chi connectivity index (χ0v) is 12.6. The topological polar surface area (TPSA) is 52.2 Å². The minimum Gasteiger partial charge on any atom is -0.345 e. The summed E-state index contributed by atoms with van der Waals surface area (Å²) in [7, 11) is 4.07. The molecule has 0 bridgehead atoms. The van der Waals surface area contributed by atoms with E-state index in [9.17, 15) is 4.79 Å². The number of carbonyl (C=O) groups is 1. The van der Waals surface area contributed by atoms with Crippen LogP contribution in [0.4, 0.5) is 0 Å². The summed E-state index contributed by atoms with van der Waals surface area (Å²) in [5.41, 5.74) is 1.15. The summed E-state index contributed by atoms with van der Waals surface area (Å²) in [6, 6.07) is 0.593. The van der Waals surface area contributed by atoms with Gasteiger partial charge in [-0.2, -0.15) is 5.10 Å². The summed E-state index contributed by atoms with van der Waals surface area (Å²) in [6.45, 7) is 1.94. The lowest BCUT2D eigenvalue weighted by atomic mass is 9.98. The number of nitrogens with zero attached hydrogens (tertiary/aromatic N) is 3. The first kappa shape index (κ1) is 15.0. The quantitative estimate of drug-likeness (QED) is 0.861. The minimum absolute atomic E-state index is 0.257. The second-order valence-electron chi connectivity index (χ2n) is 5.84. The summed E-state index contributed by atoms with van der Waals surface area (Å²) < 4.78 is 0. The van der Waals surface area contributed by atoms with E-state index in [1.807, 2.05) is 24.3 Å². The van der Waals surface area contributed by atoms with Crippen LogP contribution in [-0.2, 0) is 11.2 Å². The van der Waals surface area contributed by atoms with E-state index in [0.717, 1.165) is 24.9 Å². The highest BCUT2D eigenvalue weighted by atomic mass is 16.2.